The monoisotopic (exact) mass is 369 g/mol. The fourth-order valence-electron chi connectivity index (χ4n) is 2.87. The van der Waals surface area contributed by atoms with Crippen LogP contribution in [0.2, 0.25) is 0 Å². The number of nitrogens with one attached hydrogen (secondary N) is 1. The smallest absolute Gasteiger partial charge is 0.260 e. The molecule has 1 N–H and O–H groups in total. The van der Waals surface area contributed by atoms with Gasteiger partial charge in [-0.15, -0.1) is 0 Å². The van der Waals surface area contributed by atoms with Gasteiger partial charge in [0.2, 0.25) is 0 Å². The van der Waals surface area contributed by atoms with Crippen molar-refractivity contribution in [3.8, 4) is 11.5 Å². The van der Waals surface area contributed by atoms with Gasteiger partial charge < -0.3 is 14.8 Å². The molecule has 4 heteroatoms. The Hall–Kier alpha value is -2.49. The molecule has 1 atom stereocenters. The third-order valence-corrected chi connectivity index (χ3v) is 4.22. The lowest BCUT2D eigenvalue weighted by atomic mass is 10.1. The summed E-state index contributed by atoms with van der Waals surface area (Å²) in [5, 5.41) is 2.96. The van der Waals surface area contributed by atoms with E-state index in [0.29, 0.717) is 6.54 Å². The van der Waals surface area contributed by atoms with Crippen molar-refractivity contribution in [2.24, 2.45) is 0 Å². The molecule has 0 aromatic heterocycles. The Labute approximate surface area is 162 Å². The van der Waals surface area contributed by atoms with E-state index in [1.54, 1.807) is 6.92 Å². The van der Waals surface area contributed by atoms with Crippen LogP contribution in [0, 0.1) is 13.8 Å². The zero-order valence-corrected chi connectivity index (χ0v) is 17.0. The molecule has 0 heterocycles. The van der Waals surface area contributed by atoms with Crippen LogP contribution in [-0.2, 0) is 11.2 Å². The summed E-state index contributed by atoms with van der Waals surface area (Å²) in [5.74, 6) is 1.55. The number of benzene rings is 2. The molecule has 2 rings (SSSR count). The predicted octanol–water partition coefficient (Wildman–Crippen LogP) is 4.61. The molecule has 0 spiro atoms. The lowest BCUT2D eigenvalue weighted by molar-refractivity contribution is -0.127. The van der Waals surface area contributed by atoms with Gasteiger partial charge in [-0.3, -0.25) is 4.79 Å². The van der Waals surface area contributed by atoms with Gasteiger partial charge in [0, 0.05) is 6.54 Å². The van der Waals surface area contributed by atoms with E-state index in [1.807, 2.05) is 52.0 Å². The number of ether oxygens (including phenoxy) is 2. The highest BCUT2D eigenvalue weighted by Gasteiger charge is 2.15. The lowest BCUT2D eigenvalue weighted by Gasteiger charge is -2.16. The van der Waals surface area contributed by atoms with Crippen LogP contribution in [0.15, 0.2) is 42.5 Å². The van der Waals surface area contributed by atoms with Gasteiger partial charge in [0.05, 0.1) is 6.10 Å². The first-order chi connectivity index (χ1) is 12.8. The van der Waals surface area contributed by atoms with Crippen LogP contribution in [0.1, 0.15) is 43.9 Å². The Morgan fingerprint density at radius 3 is 2.52 bits per heavy atom. The SMILES string of the molecule is Cc1ccc(O[C@H](C)C(=O)NCCCc2cccc(OC(C)C)c2)c(C)c1. The molecule has 0 fully saturated rings. The zero-order chi connectivity index (χ0) is 19.8. The number of carbonyl (C=O) groups excluding carboxylic acids is 1. The molecule has 0 radical (unpaired) electrons. The quantitative estimate of drug-likeness (QED) is 0.657. The fourth-order valence-corrected chi connectivity index (χ4v) is 2.87. The van der Waals surface area contributed by atoms with Gasteiger partial charge in [-0.25, -0.2) is 0 Å². The van der Waals surface area contributed by atoms with Gasteiger partial charge in [-0.2, -0.15) is 0 Å². The highest BCUT2D eigenvalue weighted by atomic mass is 16.5. The van der Waals surface area contributed by atoms with E-state index < -0.39 is 6.10 Å². The normalized spacial score (nSPS) is 11.9. The summed E-state index contributed by atoms with van der Waals surface area (Å²) >= 11 is 0. The van der Waals surface area contributed by atoms with Gasteiger partial charge in [-0.1, -0.05) is 29.8 Å². The van der Waals surface area contributed by atoms with Crippen molar-refractivity contribution in [2.75, 3.05) is 6.54 Å². The molecule has 2 aromatic rings. The minimum Gasteiger partial charge on any atom is -0.491 e. The maximum absolute atomic E-state index is 12.3. The number of hydrogen-bond acceptors (Lipinski definition) is 3. The van der Waals surface area contributed by atoms with Crippen molar-refractivity contribution >= 4 is 5.91 Å². The van der Waals surface area contributed by atoms with Crippen molar-refractivity contribution in [1.29, 1.82) is 0 Å². The first-order valence-electron chi connectivity index (χ1n) is 9.62. The average Bonchev–Trinajstić information content (AvgIpc) is 2.60. The van der Waals surface area contributed by atoms with E-state index >= 15 is 0 Å². The first kappa shape index (κ1) is 20.8. The van der Waals surface area contributed by atoms with Crippen molar-refractivity contribution in [3.05, 3.63) is 59.2 Å². The topological polar surface area (TPSA) is 47.6 Å². The Bertz CT molecular complexity index is 755. The van der Waals surface area contributed by atoms with Crippen LogP contribution in [0.4, 0.5) is 0 Å². The summed E-state index contributed by atoms with van der Waals surface area (Å²) in [4.78, 5) is 12.3. The van der Waals surface area contributed by atoms with Gasteiger partial charge in [0.1, 0.15) is 11.5 Å². The van der Waals surface area contributed by atoms with Crippen molar-refractivity contribution < 1.29 is 14.3 Å². The molecule has 0 aliphatic rings. The van der Waals surface area contributed by atoms with Crippen LogP contribution in [0.5, 0.6) is 11.5 Å². The number of hydrogen-bond donors (Lipinski definition) is 1. The number of carbonyl (C=O) groups is 1. The Balaban J connectivity index is 1.75. The molecule has 0 saturated carbocycles. The second-order valence-electron chi connectivity index (χ2n) is 7.24. The van der Waals surface area contributed by atoms with Gasteiger partial charge >= 0.3 is 0 Å². The van der Waals surface area contributed by atoms with Crippen LogP contribution in [0.3, 0.4) is 0 Å². The zero-order valence-electron chi connectivity index (χ0n) is 17.0. The van der Waals surface area contributed by atoms with Crippen LogP contribution >= 0.6 is 0 Å². The minimum atomic E-state index is -0.519. The maximum atomic E-state index is 12.3. The van der Waals surface area contributed by atoms with E-state index in [1.165, 1.54) is 11.1 Å². The van der Waals surface area contributed by atoms with Crippen molar-refractivity contribution in [3.63, 3.8) is 0 Å². The summed E-state index contributed by atoms with van der Waals surface area (Å²) in [6.07, 6.45) is 1.40. The van der Waals surface area contributed by atoms with Gasteiger partial charge in [0.15, 0.2) is 6.10 Å². The summed E-state index contributed by atoms with van der Waals surface area (Å²) in [6.45, 7) is 10.5. The van der Waals surface area contributed by atoms with E-state index in [4.69, 9.17) is 9.47 Å². The van der Waals surface area contributed by atoms with Crippen LogP contribution in [0.25, 0.3) is 0 Å². The van der Waals surface area contributed by atoms with E-state index in [9.17, 15) is 4.79 Å². The van der Waals surface area contributed by atoms with E-state index in [-0.39, 0.29) is 12.0 Å². The lowest BCUT2D eigenvalue weighted by Crippen LogP contribution is -2.37. The van der Waals surface area contributed by atoms with Crippen molar-refractivity contribution in [2.45, 2.75) is 59.7 Å². The molecule has 0 unspecified atom stereocenters. The Morgan fingerprint density at radius 2 is 1.81 bits per heavy atom. The number of aryl methyl sites for hydroxylation is 3. The highest BCUT2D eigenvalue weighted by molar-refractivity contribution is 5.80. The molecule has 0 saturated heterocycles. The molecular formula is C23H31NO3. The van der Waals surface area contributed by atoms with Crippen molar-refractivity contribution in [1.82, 2.24) is 5.32 Å². The molecular weight excluding hydrogens is 338 g/mol. The predicted molar refractivity (Wildman–Crippen MR) is 110 cm³/mol. The van der Waals surface area contributed by atoms with Crippen LogP contribution < -0.4 is 14.8 Å². The van der Waals surface area contributed by atoms with Gasteiger partial charge in [0.25, 0.3) is 5.91 Å². The second kappa shape index (κ2) is 10.0. The molecule has 0 bridgehead atoms. The minimum absolute atomic E-state index is 0.0909. The summed E-state index contributed by atoms with van der Waals surface area (Å²) in [5.41, 5.74) is 3.43. The molecule has 27 heavy (non-hydrogen) atoms. The molecule has 0 aliphatic carbocycles. The highest BCUT2D eigenvalue weighted by Crippen LogP contribution is 2.20. The molecule has 1 amide bonds. The number of amides is 1. The summed E-state index contributed by atoms with van der Waals surface area (Å²) in [7, 11) is 0. The van der Waals surface area contributed by atoms with Gasteiger partial charge in [-0.05, 0) is 76.8 Å². The first-order valence-corrected chi connectivity index (χ1v) is 9.62. The maximum Gasteiger partial charge on any atom is 0.260 e. The molecule has 146 valence electrons. The average molecular weight is 370 g/mol. The molecule has 2 aromatic carbocycles. The summed E-state index contributed by atoms with van der Waals surface area (Å²) < 4.78 is 11.5. The molecule has 0 aliphatic heterocycles. The summed E-state index contributed by atoms with van der Waals surface area (Å²) in [6, 6.07) is 14.1. The largest absolute Gasteiger partial charge is 0.491 e. The van der Waals surface area contributed by atoms with Crippen LogP contribution in [-0.4, -0.2) is 24.7 Å². The molecule has 4 nitrogen and oxygen atoms in total. The number of rotatable bonds is 9. The Morgan fingerprint density at radius 1 is 1.04 bits per heavy atom. The third kappa shape index (κ3) is 6.97. The fraction of sp³-hybridized carbons (Fsp3) is 0.435. The van der Waals surface area contributed by atoms with E-state index in [0.717, 1.165) is 29.9 Å². The van der Waals surface area contributed by atoms with E-state index in [2.05, 4.69) is 23.5 Å². The Kier molecular flexibility index (Phi) is 7.71. The standard InChI is InChI=1S/C23H31NO3/c1-16(2)26-21-10-6-8-20(15-21)9-7-13-24-23(25)19(5)27-22-12-11-17(3)14-18(22)4/h6,8,10-12,14-16,19H,7,9,13H2,1-5H3,(H,24,25)/t19-/m1/s1. The third-order valence-electron chi connectivity index (χ3n) is 4.22. The second-order valence-corrected chi connectivity index (χ2v) is 7.24.